The maximum absolute atomic E-state index is 13.1. The first-order chi connectivity index (χ1) is 20.7. The number of benzene rings is 3. The van der Waals surface area contributed by atoms with Crippen LogP contribution < -0.4 is 10.1 Å². The molecule has 0 saturated carbocycles. The molecule has 0 aliphatic rings. The highest BCUT2D eigenvalue weighted by atomic mass is 16.5. The summed E-state index contributed by atoms with van der Waals surface area (Å²) >= 11 is 0. The van der Waals surface area contributed by atoms with Crippen LogP contribution in [0.1, 0.15) is 44.7 Å². The summed E-state index contributed by atoms with van der Waals surface area (Å²) in [6.45, 7) is 0.917. The summed E-state index contributed by atoms with van der Waals surface area (Å²) in [5.74, 6) is 2.00. The number of amides is 1. The van der Waals surface area contributed by atoms with Crippen LogP contribution in [0, 0.1) is 0 Å². The number of aromatic nitrogens is 5. The van der Waals surface area contributed by atoms with E-state index in [1.165, 1.54) is 5.56 Å². The topological polar surface area (TPSA) is 97.7 Å². The largest absolute Gasteiger partial charge is 0.497 e. The van der Waals surface area contributed by atoms with E-state index in [2.05, 4.69) is 68.4 Å². The molecule has 210 valence electrons. The second-order valence-corrected chi connectivity index (χ2v) is 10.2. The van der Waals surface area contributed by atoms with Crippen LogP contribution in [0.25, 0.3) is 10.9 Å². The standard InChI is InChI=1S/C34H32N6O2/c1-42-26-17-14-25(15-18-26)23-40-32(19-16-24-9-3-2-4-10-24)38-39-33(40)29(22-37-34(41)31-13-7-8-20-35-31)28-21-36-30-12-6-5-11-27(28)30/h2-15,17-18,20-21,29,36H,16,19,22-23H2,1H3,(H,37,41). The highest BCUT2D eigenvalue weighted by molar-refractivity contribution is 5.92. The Kier molecular flexibility index (Phi) is 8.03. The Hall–Kier alpha value is -5.24. The first kappa shape index (κ1) is 27.0. The Morgan fingerprint density at radius 2 is 1.67 bits per heavy atom. The summed E-state index contributed by atoms with van der Waals surface area (Å²) in [6.07, 6.45) is 5.21. The summed E-state index contributed by atoms with van der Waals surface area (Å²) in [7, 11) is 1.67. The van der Waals surface area contributed by atoms with Gasteiger partial charge in [-0.15, -0.1) is 10.2 Å². The number of nitrogens with zero attached hydrogens (tertiary/aromatic N) is 4. The number of rotatable bonds is 11. The van der Waals surface area contributed by atoms with Gasteiger partial charge in [0.25, 0.3) is 5.91 Å². The lowest BCUT2D eigenvalue weighted by molar-refractivity contribution is 0.0947. The minimum Gasteiger partial charge on any atom is -0.497 e. The van der Waals surface area contributed by atoms with Crippen LogP contribution >= 0.6 is 0 Å². The Labute approximate surface area is 244 Å². The average molecular weight is 557 g/mol. The molecular formula is C34H32N6O2. The molecule has 3 heterocycles. The lowest BCUT2D eigenvalue weighted by Gasteiger charge is -2.19. The Morgan fingerprint density at radius 3 is 2.45 bits per heavy atom. The quantitative estimate of drug-likeness (QED) is 0.218. The summed E-state index contributed by atoms with van der Waals surface area (Å²) in [5.41, 5.74) is 4.80. The minimum atomic E-state index is -0.259. The van der Waals surface area contributed by atoms with Gasteiger partial charge in [-0.25, -0.2) is 0 Å². The molecule has 0 fully saturated rings. The molecular weight excluding hydrogens is 524 g/mol. The Morgan fingerprint density at radius 1 is 0.881 bits per heavy atom. The molecule has 3 aromatic carbocycles. The van der Waals surface area contributed by atoms with E-state index in [0.29, 0.717) is 18.8 Å². The van der Waals surface area contributed by atoms with Gasteiger partial charge in [0.15, 0.2) is 0 Å². The van der Waals surface area contributed by atoms with Gasteiger partial charge in [0, 0.05) is 36.3 Å². The number of aromatic amines is 1. The normalized spacial score (nSPS) is 11.8. The first-order valence-electron chi connectivity index (χ1n) is 14.0. The van der Waals surface area contributed by atoms with E-state index in [9.17, 15) is 4.79 Å². The SMILES string of the molecule is COc1ccc(Cn2c(CCc3ccccc3)nnc2C(CNC(=O)c2ccccn2)c2c[nH]c3ccccc23)cc1. The van der Waals surface area contributed by atoms with Crippen LogP contribution in [0.3, 0.4) is 0 Å². The van der Waals surface area contributed by atoms with E-state index in [0.717, 1.165) is 52.3 Å². The van der Waals surface area contributed by atoms with Crippen molar-refractivity contribution in [2.24, 2.45) is 0 Å². The highest BCUT2D eigenvalue weighted by Gasteiger charge is 2.26. The molecule has 1 unspecified atom stereocenters. The molecule has 1 amide bonds. The van der Waals surface area contributed by atoms with Gasteiger partial charge in [-0.3, -0.25) is 9.78 Å². The van der Waals surface area contributed by atoms with Crippen LogP contribution in [-0.2, 0) is 19.4 Å². The van der Waals surface area contributed by atoms with Crippen molar-refractivity contribution >= 4 is 16.8 Å². The van der Waals surface area contributed by atoms with Gasteiger partial charge in [0.1, 0.15) is 23.1 Å². The van der Waals surface area contributed by atoms with Gasteiger partial charge in [-0.05, 0) is 53.4 Å². The Bertz CT molecular complexity index is 1760. The molecule has 42 heavy (non-hydrogen) atoms. The van der Waals surface area contributed by atoms with Crippen molar-refractivity contribution in [3.63, 3.8) is 0 Å². The van der Waals surface area contributed by atoms with Gasteiger partial charge >= 0.3 is 0 Å². The third-order valence-corrected chi connectivity index (χ3v) is 7.51. The highest BCUT2D eigenvalue weighted by Crippen LogP contribution is 2.31. The molecule has 2 N–H and O–H groups in total. The molecule has 3 aromatic heterocycles. The minimum absolute atomic E-state index is 0.231. The number of nitrogens with one attached hydrogen (secondary N) is 2. The number of ether oxygens (including phenoxy) is 1. The molecule has 0 saturated heterocycles. The van der Waals surface area contributed by atoms with Crippen molar-refractivity contribution in [1.82, 2.24) is 30.0 Å². The molecule has 0 bridgehead atoms. The predicted octanol–water partition coefficient (Wildman–Crippen LogP) is 5.56. The number of carbonyl (C=O) groups excluding carboxylic acids is 1. The maximum atomic E-state index is 13.1. The summed E-state index contributed by atoms with van der Waals surface area (Å²) < 4.78 is 7.58. The number of H-pyrrole nitrogens is 1. The summed E-state index contributed by atoms with van der Waals surface area (Å²) in [4.78, 5) is 20.7. The number of hydrogen-bond donors (Lipinski definition) is 2. The molecule has 8 heteroatoms. The number of para-hydroxylation sites is 1. The van der Waals surface area contributed by atoms with Crippen molar-refractivity contribution < 1.29 is 9.53 Å². The molecule has 1 atom stereocenters. The van der Waals surface area contributed by atoms with Crippen LogP contribution in [0.4, 0.5) is 0 Å². The number of fused-ring (bicyclic) bond motifs is 1. The molecule has 6 aromatic rings. The van der Waals surface area contributed by atoms with Gasteiger partial charge in [0.05, 0.1) is 19.6 Å². The van der Waals surface area contributed by atoms with Crippen LogP contribution in [0.15, 0.2) is 109 Å². The van der Waals surface area contributed by atoms with E-state index in [4.69, 9.17) is 14.9 Å². The fraction of sp³-hybridized carbons (Fsp3) is 0.176. The third-order valence-electron chi connectivity index (χ3n) is 7.51. The predicted molar refractivity (Wildman–Crippen MR) is 163 cm³/mol. The van der Waals surface area contributed by atoms with E-state index >= 15 is 0 Å². The fourth-order valence-corrected chi connectivity index (χ4v) is 5.28. The molecule has 0 spiro atoms. The number of methoxy groups -OCH3 is 1. The van der Waals surface area contributed by atoms with Gasteiger partial charge < -0.3 is 19.6 Å². The van der Waals surface area contributed by atoms with E-state index in [1.807, 2.05) is 42.6 Å². The monoisotopic (exact) mass is 556 g/mol. The summed E-state index contributed by atoms with van der Waals surface area (Å²) in [5, 5.41) is 13.7. The van der Waals surface area contributed by atoms with E-state index in [-0.39, 0.29) is 11.8 Å². The maximum Gasteiger partial charge on any atom is 0.269 e. The van der Waals surface area contributed by atoms with Crippen LogP contribution in [-0.4, -0.2) is 44.3 Å². The second-order valence-electron chi connectivity index (χ2n) is 10.2. The van der Waals surface area contributed by atoms with Crippen molar-refractivity contribution in [1.29, 1.82) is 0 Å². The zero-order chi connectivity index (χ0) is 28.7. The smallest absolute Gasteiger partial charge is 0.269 e. The zero-order valence-corrected chi connectivity index (χ0v) is 23.4. The average Bonchev–Trinajstić information content (AvgIpc) is 3.66. The number of hydrogen-bond acceptors (Lipinski definition) is 5. The lowest BCUT2D eigenvalue weighted by atomic mass is 9.97. The molecule has 8 nitrogen and oxygen atoms in total. The lowest BCUT2D eigenvalue weighted by Crippen LogP contribution is -2.31. The second kappa shape index (κ2) is 12.5. The Balaban J connectivity index is 1.39. The van der Waals surface area contributed by atoms with Crippen molar-refractivity contribution in [2.75, 3.05) is 13.7 Å². The summed E-state index contributed by atoms with van der Waals surface area (Å²) in [6, 6.07) is 32.0. The number of aryl methyl sites for hydroxylation is 2. The van der Waals surface area contributed by atoms with Crippen LogP contribution in [0.5, 0.6) is 5.75 Å². The first-order valence-corrected chi connectivity index (χ1v) is 14.0. The number of carbonyl (C=O) groups is 1. The zero-order valence-electron chi connectivity index (χ0n) is 23.4. The third kappa shape index (κ3) is 5.93. The van der Waals surface area contributed by atoms with Gasteiger partial charge in [0.2, 0.25) is 0 Å². The van der Waals surface area contributed by atoms with E-state index < -0.39 is 0 Å². The van der Waals surface area contributed by atoms with E-state index in [1.54, 1.807) is 25.4 Å². The molecule has 0 aliphatic carbocycles. The van der Waals surface area contributed by atoms with Crippen molar-refractivity contribution in [2.45, 2.75) is 25.3 Å². The van der Waals surface area contributed by atoms with Gasteiger partial charge in [-0.2, -0.15) is 0 Å². The van der Waals surface area contributed by atoms with Crippen LogP contribution in [0.2, 0.25) is 0 Å². The molecule has 0 radical (unpaired) electrons. The van der Waals surface area contributed by atoms with Gasteiger partial charge in [-0.1, -0.05) is 66.7 Å². The van der Waals surface area contributed by atoms with Crippen molar-refractivity contribution in [3.05, 3.63) is 143 Å². The molecule has 6 rings (SSSR count). The number of pyridine rings is 1. The van der Waals surface area contributed by atoms with Crippen molar-refractivity contribution in [3.8, 4) is 5.75 Å². The molecule has 0 aliphatic heterocycles. The fourth-order valence-electron chi connectivity index (χ4n) is 5.28.